The van der Waals surface area contributed by atoms with Gasteiger partial charge in [0.05, 0.1) is 19.3 Å². The molecular formula is C27H32F3N5O3S. The summed E-state index contributed by atoms with van der Waals surface area (Å²) in [5.74, 6) is 1.48. The summed E-state index contributed by atoms with van der Waals surface area (Å²) in [4.78, 5) is 23.4. The lowest BCUT2D eigenvalue weighted by Crippen LogP contribution is -2.49. The summed E-state index contributed by atoms with van der Waals surface area (Å²) in [6.07, 6.45) is -3.52. The topological polar surface area (TPSA) is 71.0 Å². The lowest BCUT2D eigenvalue weighted by atomic mass is 10.1. The second-order valence-corrected chi connectivity index (χ2v) is 9.90. The maximum Gasteiger partial charge on any atom is 0.416 e. The van der Waals surface area contributed by atoms with E-state index in [-0.39, 0.29) is 12.3 Å². The van der Waals surface area contributed by atoms with Crippen LogP contribution >= 0.6 is 11.5 Å². The number of halogens is 3. The number of piperazine rings is 1. The van der Waals surface area contributed by atoms with Crippen LogP contribution in [0.5, 0.6) is 5.75 Å². The molecule has 210 valence electrons. The molecule has 1 aliphatic heterocycles. The third-order valence-electron chi connectivity index (χ3n) is 6.56. The first-order valence-electron chi connectivity index (χ1n) is 12.7. The van der Waals surface area contributed by atoms with Gasteiger partial charge in [-0.1, -0.05) is 18.2 Å². The Hall–Kier alpha value is -3.38. The summed E-state index contributed by atoms with van der Waals surface area (Å²) in [7, 11) is 3.26. The molecule has 0 unspecified atom stereocenters. The molecule has 4 rings (SSSR count). The molecule has 1 aromatic heterocycles. The van der Waals surface area contributed by atoms with Crippen molar-refractivity contribution in [1.29, 1.82) is 0 Å². The molecule has 0 radical (unpaired) electrons. The van der Waals surface area contributed by atoms with E-state index in [1.165, 1.54) is 17.6 Å². The molecule has 0 bridgehead atoms. The Bertz CT molecular complexity index is 1230. The van der Waals surface area contributed by atoms with Gasteiger partial charge in [-0.2, -0.15) is 17.5 Å². The average molecular weight is 564 g/mol. The Kier molecular flexibility index (Phi) is 9.63. The van der Waals surface area contributed by atoms with Crippen molar-refractivity contribution >= 4 is 28.3 Å². The molecular weight excluding hydrogens is 531 g/mol. The number of carbonyl (C=O) groups excluding carboxylic acids is 1. The molecule has 1 fully saturated rings. The van der Waals surface area contributed by atoms with Crippen molar-refractivity contribution in [3.8, 4) is 5.75 Å². The van der Waals surface area contributed by atoms with Crippen molar-refractivity contribution in [2.24, 2.45) is 0 Å². The number of hydrogen-bond donors (Lipinski definition) is 0. The molecule has 3 aromatic rings. The van der Waals surface area contributed by atoms with Gasteiger partial charge < -0.3 is 24.2 Å². The second-order valence-electron chi connectivity index (χ2n) is 9.17. The normalized spacial score (nSPS) is 14.0. The van der Waals surface area contributed by atoms with E-state index in [1.807, 2.05) is 34.1 Å². The van der Waals surface area contributed by atoms with E-state index in [1.54, 1.807) is 25.2 Å². The third-order valence-corrected chi connectivity index (χ3v) is 7.37. The molecule has 0 atom stereocenters. The lowest BCUT2D eigenvalue weighted by molar-refractivity contribution is -0.137. The van der Waals surface area contributed by atoms with Crippen molar-refractivity contribution in [3.05, 3.63) is 65.5 Å². The van der Waals surface area contributed by atoms with Crippen LogP contribution in [-0.4, -0.2) is 80.3 Å². The molecule has 12 heteroatoms. The number of amides is 1. The van der Waals surface area contributed by atoms with Gasteiger partial charge in [-0.05, 0) is 35.9 Å². The van der Waals surface area contributed by atoms with Gasteiger partial charge in [0.2, 0.25) is 11.0 Å². The summed E-state index contributed by atoms with van der Waals surface area (Å²) in [6.45, 7) is 3.38. The van der Waals surface area contributed by atoms with E-state index in [9.17, 15) is 18.0 Å². The summed E-state index contributed by atoms with van der Waals surface area (Å²) in [6, 6.07) is 13.1. The first-order valence-corrected chi connectivity index (χ1v) is 13.4. The number of benzene rings is 2. The van der Waals surface area contributed by atoms with Crippen LogP contribution in [0.3, 0.4) is 0 Å². The van der Waals surface area contributed by atoms with Crippen molar-refractivity contribution < 1.29 is 27.4 Å². The lowest BCUT2D eigenvalue weighted by Gasteiger charge is -2.36. The highest BCUT2D eigenvalue weighted by atomic mass is 32.1. The molecule has 8 nitrogen and oxygen atoms in total. The van der Waals surface area contributed by atoms with E-state index < -0.39 is 11.7 Å². The third kappa shape index (κ3) is 7.82. The molecule has 1 aliphatic rings. The van der Waals surface area contributed by atoms with Gasteiger partial charge in [-0.15, -0.1) is 0 Å². The van der Waals surface area contributed by atoms with Gasteiger partial charge in [0.25, 0.3) is 0 Å². The van der Waals surface area contributed by atoms with Crippen LogP contribution in [0.2, 0.25) is 0 Å². The van der Waals surface area contributed by atoms with Gasteiger partial charge in [0, 0.05) is 76.4 Å². The standard InChI is InChI=1S/C27H32F3N5O3S/c1-37-16-15-35(26-31-24(32-39-26)18-20-5-3-8-23(17-20)38-2)10-9-25(36)34-13-11-33(12-14-34)22-7-4-6-21(19-22)27(28,29)30/h3-8,17,19H,9-16,18H2,1-2H3. The minimum atomic E-state index is -4.38. The molecule has 0 saturated carbocycles. The fourth-order valence-corrected chi connectivity index (χ4v) is 5.13. The van der Waals surface area contributed by atoms with E-state index in [0.717, 1.165) is 28.6 Å². The second kappa shape index (κ2) is 13.1. The molecule has 1 amide bonds. The van der Waals surface area contributed by atoms with Gasteiger partial charge in [0.1, 0.15) is 11.6 Å². The van der Waals surface area contributed by atoms with Gasteiger partial charge >= 0.3 is 6.18 Å². The van der Waals surface area contributed by atoms with E-state index in [2.05, 4.69) is 4.37 Å². The molecule has 0 aliphatic carbocycles. The monoisotopic (exact) mass is 563 g/mol. The van der Waals surface area contributed by atoms with Crippen LogP contribution in [-0.2, 0) is 22.1 Å². The molecule has 39 heavy (non-hydrogen) atoms. The van der Waals surface area contributed by atoms with Crippen molar-refractivity contribution in [2.45, 2.75) is 19.0 Å². The number of anilines is 2. The summed E-state index contributed by atoms with van der Waals surface area (Å²) >= 11 is 1.29. The van der Waals surface area contributed by atoms with E-state index in [4.69, 9.17) is 14.5 Å². The number of alkyl halides is 3. The summed E-state index contributed by atoms with van der Waals surface area (Å²) in [5.41, 5.74) is 0.892. The Balaban J connectivity index is 1.31. The molecule has 2 aromatic carbocycles. The number of rotatable bonds is 11. The minimum absolute atomic E-state index is 0.00206. The van der Waals surface area contributed by atoms with Gasteiger partial charge in [-0.3, -0.25) is 4.79 Å². The largest absolute Gasteiger partial charge is 0.497 e. The van der Waals surface area contributed by atoms with Gasteiger partial charge in [0.15, 0.2) is 0 Å². The summed E-state index contributed by atoms with van der Waals surface area (Å²) < 4.78 is 54.3. The Labute approximate surface area is 230 Å². The minimum Gasteiger partial charge on any atom is -0.497 e. The number of methoxy groups -OCH3 is 2. The van der Waals surface area contributed by atoms with Crippen LogP contribution in [0, 0.1) is 0 Å². The quantitative estimate of drug-likeness (QED) is 0.344. The zero-order valence-corrected chi connectivity index (χ0v) is 22.8. The Morgan fingerprint density at radius 2 is 1.82 bits per heavy atom. The zero-order valence-electron chi connectivity index (χ0n) is 22.0. The number of ether oxygens (including phenoxy) is 2. The smallest absolute Gasteiger partial charge is 0.416 e. The van der Waals surface area contributed by atoms with E-state index >= 15 is 0 Å². The summed E-state index contributed by atoms with van der Waals surface area (Å²) in [5, 5.41) is 0.729. The number of nitrogens with zero attached hydrogens (tertiary/aromatic N) is 5. The Morgan fingerprint density at radius 3 is 2.54 bits per heavy atom. The highest BCUT2D eigenvalue weighted by Gasteiger charge is 2.31. The molecule has 0 spiro atoms. The molecule has 2 heterocycles. The maximum atomic E-state index is 13.1. The highest BCUT2D eigenvalue weighted by molar-refractivity contribution is 7.09. The van der Waals surface area contributed by atoms with Crippen molar-refractivity contribution in [3.63, 3.8) is 0 Å². The fourth-order valence-electron chi connectivity index (χ4n) is 4.40. The highest BCUT2D eigenvalue weighted by Crippen LogP contribution is 2.32. The average Bonchev–Trinajstić information content (AvgIpc) is 3.41. The molecule has 1 saturated heterocycles. The predicted molar refractivity (Wildman–Crippen MR) is 145 cm³/mol. The van der Waals surface area contributed by atoms with Gasteiger partial charge in [-0.25, -0.2) is 4.98 Å². The predicted octanol–water partition coefficient (Wildman–Crippen LogP) is 4.35. The first kappa shape index (κ1) is 28.6. The van der Waals surface area contributed by atoms with Crippen LogP contribution in [0.1, 0.15) is 23.4 Å². The maximum absolute atomic E-state index is 13.1. The first-order chi connectivity index (χ1) is 18.8. The number of carbonyl (C=O) groups is 1. The molecule has 0 N–H and O–H groups in total. The van der Waals surface area contributed by atoms with Crippen molar-refractivity contribution in [1.82, 2.24) is 14.3 Å². The Morgan fingerprint density at radius 1 is 1.05 bits per heavy atom. The van der Waals surface area contributed by atoms with Crippen LogP contribution in [0.4, 0.5) is 24.0 Å². The number of aromatic nitrogens is 2. The van der Waals surface area contributed by atoms with Crippen LogP contribution < -0.4 is 14.5 Å². The number of hydrogen-bond acceptors (Lipinski definition) is 8. The zero-order chi connectivity index (χ0) is 27.8. The van der Waals surface area contributed by atoms with E-state index in [0.29, 0.717) is 63.8 Å². The van der Waals surface area contributed by atoms with Crippen LogP contribution in [0.15, 0.2) is 48.5 Å². The van der Waals surface area contributed by atoms with Crippen molar-refractivity contribution in [2.75, 3.05) is 69.9 Å². The SMILES string of the molecule is COCCN(CCC(=O)N1CCN(c2cccc(C(F)(F)F)c2)CC1)c1nc(Cc2cccc(OC)c2)ns1. The van der Waals surface area contributed by atoms with Crippen LogP contribution in [0.25, 0.3) is 0 Å². The fraction of sp³-hybridized carbons (Fsp3) is 0.444.